The van der Waals surface area contributed by atoms with Gasteiger partial charge in [0.1, 0.15) is 24.3 Å². The average molecular weight is 414 g/mol. The molecule has 0 amide bonds. The zero-order chi connectivity index (χ0) is 21.2. The molecule has 0 unspecified atom stereocenters. The number of Topliss-reactive ketones (excluding diaryl/α,β-unsaturated/α-hetero) is 1. The molecule has 0 aliphatic carbocycles. The summed E-state index contributed by atoms with van der Waals surface area (Å²) in [5, 5.41) is 5.05. The van der Waals surface area contributed by atoms with E-state index in [9.17, 15) is 4.79 Å². The van der Waals surface area contributed by atoms with Gasteiger partial charge in [-0.05, 0) is 37.4 Å². The van der Waals surface area contributed by atoms with E-state index in [1.807, 2.05) is 24.3 Å². The number of carbonyl (C=O) groups excluding carboxylic acids is 1. The lowest BCUT2D eigenvalue weighted by Gasteiger charge is -2.33. The van der Waals surface area contributed by atoms with Crippen molar-refractivity contribution in [1.29, 1.82) is 0 Å². The van der Waals surface area contributed by atoms with E-state index in [0.29, 0.717) is 11.4 Å². The van der Waals surface area contributed by atoms with E-state index in [2.05, 4.69) is 41.9 Å². The Morgan fingerprint density at radius 1 is 1.06 bits per heavy atom. The van der Waals surface area contributed by atoms with Gasteiger partial charge in [0, 0.05) is 49.5 Å². The van der Waals surface area contributed by atoms with Gasteiger partial charge in [0.25, 0.3) is 0 Å². The van der Waals surface area contributed by atoms with Crippen LogP contribution in [0.2, 0.25) is 0 Å². The van der Waals surface area contributed by atoms with Gasteiger partial charge >= 0.3 is 0 Å². The van der Waals surface area contributed by atoms with E-state index >= 15 is 0 Å². The molecule has 4 aromatic rings. The topological polar surface area (TPSA) is 92.9 Å². The summed E-state index contributed by atoms with van der Waals surface area (Å²) < 4.78 is 1.67. The van der Waals surface area contributed by atoms with Crippen molar-refractivity contribution in [2.24, 2.45) is 0 Å². The summed E-state index contributed by atoms with van der Waals surface area (Å²) in [5.41, 5.74) is 2.24. The number of rotatable bonds is 5. The van der Waals surface area contributed by atoms with Crippen molar-refractivity contribution in [3.05, 3.63) is 66.8 Å². The molecule has 1 aromatic carbocycles. The molecule has 1 fully saturated rings. The molecule has 9 heteroatoms. The van der Waals surface area contributed by atoms with Gasteiger partial charge in [-0.3, -0.25) is 4.79 Å². The van der Waals surface area contributed by atoms with Crippen LogP contribution in [-0.4, -0.2) is 73.6 Å². The fraction of sp³-hybridized carbons (Fsp3) is 0.273. The summed E-state index contributed by atoms with van der Waals surface area (Å²) in [5.74, 6) is 1.31. The van der Waals surface area contributed by atoms with E-state index in [4.69, 9.17) is 0 Å². The monoisotopic (exact) mass is 414 g/mol. The number of benzene rings is 1. The van der Waals surface area contributed by atoms with E-state index in [-0.39, 0.29) is 12.2 Å². The number of pyridine rings is 1. The molecule has 1 aliphatic rings. The lowest BCUT2D eigenvalue weighted by Crippen LogP contribution is -2.44. The molecule has 0 bridgehead atoms. The van der Waals surface area contributed by atoms with Crippen LogP contribution in [0.4, 0.5) is 5.82 Å². The maximum atomic E-state index is 12.9. The SMILES string of the molecule is CN1CCN(c2cc(C(=O)Cc3ncc4ccc(-n5cncn5)cc4n3)ccn2)CC1. The molecule has 4 heterocycles. The molecule has 0 radical (unpaired) electrons. The molecule has 1 aliphatic heterocycles. The first-order valence-electron chi connectivity index (χ1n) is 10.2. The Balaban J connectivity index is 1.35. The highest BCUT2D eigenvalue weighted by molar-refractivity contribution is 5.97. The number of hydrogen-bond donors (Lipinski definition) is 0. The van der Waals surface area contributed by atoms with Crippen LogP contribution in [0.25, 0.3) is 16.6 Å². The minimum atomic E-state index is -0.0236. The second-order valence-electron chi connectivity index (χ2n) is 7.66. The van der Waals surface area contributed by atoms with Gasteiger partial charge < -0.3 is 9.80 Å². The minimum Gasteiger partial charge on any atom is -0.354 e. The molecule has 0 atom stereocenters. The third kappa shape index (κ3) is 4.13. The Hall–Kier alpha value is -3.72. The molecule has 9 nitrogen and oxygen atoms in total. The molecule has 156 valence electrons. The summed E-state index contributed by atoms with van der Waals surface area (Å²) in [4.78, 5) is 34.9. The van der Waals surface area contributed by atoms with Crippen molar-refractivity contribution in [2.45, 2.75) is 6.42 Å². The van der Waals surface area contributed by atoms with Gasteiger partial charge in [0.15, 0.2) is 5.78 Å². The van der Waals surface area contributed by atoms with Crippen LogP contribution in [0.15, 0.2) is 55.4 Å². The molecule has 0 N–H and O–H groups in total. The number of aromatic nitrogens is 6. The van der Waals surface area contributed by atoms with E-state index in [1.54, 1.807) is 29.5 Å². The van der Waals surface area contributed by atoms with Crippen molar-refractivity contribution in [2.75, 3.05) is 38.1 Å². The highest BCUT2D eigenvalue weighted by Crippen LogP contribution is 2.18. The second-order valence-corrected chi connectivity index (χ2v) is 7.66. The standard InChI is InChI=1S/C22H22N8O/c1-28-6-8-29(9-7-28)22-10-16(4-5-24-22)20(31)12-21-25-13-17-2-3-18(11-19(17)27-21)30-15-23-14-26-30/h2-5,10-11,13-15H,6-9,12H2,1H3. The van der Waals surface area contributed by atoms with Crippen LogP contribution in [0.5, 0.6) is 0 Å². The molecule has 0 saturated carbocycles. The van der Waals surface area contributed by atoms with E-state index in [0.717, 1.165) is 48.6 Å². The number of piperazine rings is 1. The summed E-state index contributed by atoms with van der Waals surface area (Å²) in [6, 6.07) is 9.41. The molecule has 31 heavy (non-hydrogen) atoms. The van der Waals surface area contributed by atoms with Gasteiger partial charge in [-0.1, -0.05) is 0 Å². The summed E-state index contributed by atoms with van der Waals surface area (Å²) in [6.07, 6.45) is 6.70. The lowest BCUT2D eigenvalue weighted by atomic mass is 10.1. The summed E-state index contributed by atoms with van der Waals surface area (Å²) in [6.45, 7) is 3.79. The maximum absolute atomic E-state index is 12.9. The van der Waals surface area contributed by atoms with E-state index < -0.39 is 0 Å². The van der Waals surface area contributed by atoms with Gasteiger partial charge in [-0.15, -0.1) is 0 Å². The van der Waals surface area contributed by atoms with Crippen molar-refractivity contribution >= 4 is 22.5 Å². The van der Waals surface area contributed by atoms with Gasteiger partial charge in [0.2, 0.25) is 0 Å². The number of anilines is 1. The Morgan fingerprint density at radius 3 is 2.74 bits per heavy atom. The Morgan fingerprint density at radius 2 is 1.94 bits per heavy atom. The first kappa shape index (κ1) is 19.3. The van der Waals surface area contributed by atoms with Crippen molar-refractivity contribution in [3.8, 4) is 5.69 Å². The molecule has 1 saturated heterocycles. The fourth-order valence-corrected chi connectivity index (χ4v) is 3.67. The number of likely N-dealkylation sites (N-methyl/N-ethyl adjacent to an activating group) is 1. The maximum Gasteiger partial charge on any atom is 0.170 e. The zero-order valence-corrected chi connectivity index (χ0v) is 17.2. The molecule has 5 rings (SSSR count). The normalized spacial score (nSPS) is 14.8. The molecular weight excluding hydrogens is 392 g/mol. The minimum absolute atomic E-state index is 0.0236. The summed E-state index contributed by atoms with van der Waals surface area (Å²) >= 11 is 0. The third-order valence-corrected chi connectivity index (χ3v) is 5.51. The fourth-order valence-electron chi connectivity index (χ4n) is 3.67. The summed E-state index contributed by atoms with van der Waals surface area (Å²) in [7, 11) is 2.11. The van der Waals surface area contributed by atoms with Crippen LogP contribution < -0.4 is 4.90 Å². The Bertz CT molecular complexity index is 1220. The smallest absolute Gasteiger partial charge is 0.170 e. The predicted molar refractivity (Wildman–Crippen MR) is 116 cm³/mol. The van der Waals surface area contributed by atoms with Gasteiger partial charge in [-0.25, -0.2) is 24.6 Å². The Kier molecular flexibility index (Phi) is 5.09. The molecular formula is C22H22N8O. The van der Waals surface area contributed by atoms with Crippen molar-refractivity contribution in [1.82, 2.24) is 34.6 Å². The van der Waals surface area contributed by atoms with Crippen LogP contribution in [-0.2, 0) is 6.42 Å². The van der Waals surface area contributed by atoms with Crippen LogP contribution in [0, 0.1) is 0 Å². The van der Waals surface area contributed by atoms with Crippen LogP contribution in [0.3, 0.4) is 0 Å². The van der Waals surface area contributed by atoms with Crippen LogP contribution >= 0.6 is 0 Å². The third-order valence-electron chi connectivity index (χ3n) is 5.51. The van der Waals surface area contributed by atoms with E-state index in [1.165, 1.54) is 6.33 Å². The highest BCUT2D eigenvalue weighted by atomic mass is 16.1. The highest BCUT2D eigenvalue weighted by Gasteiger charge is 2.17. The first-order chi connectivity index (χ1) is 15.2. The van der Waals surface area contributed by atoms with Crippen molar-refractivity contribution < 1.29 is 4.79 Å². The number of nitrogens with zero attached hydrogens (tertiary/aromatic N) is 8. The average Bonchev–Trinajstić information content (AvgIpc) is 3.34. The number of hydrogen-bond acceptors (Lipinski definition) is 8. The first-order valence-corrected chi connectivity index (χ1v) is 10.2. The molecule has 0 spiro atoms. The number of fused-ring (bicyclic) bond motifs is 1. The second kappa shape index (κ2) is 8.19. The number of carbonyl (C=O) groups is 1. The lowest BCUT2D eigenvalue weighted by molar-refractivity contribution is 0.0991. The quantitative estimate of drug-likeness (QED) is 0.456. The van der Waals surface area contributed by atoms with Gasteiger partial charge in [0.05, 0.1) is 17.6 Å². The predicted octanol–water partition coefficient (Wildman–Crippen LogP) is 1.78. The molecule has 3 aromatic heterocycles. The Labute approximate surface area is 179 Å². The van der Waals surface area contributed by atoms with Crippen molar-refractivity contribution in [3.63, 3.8) is 0 Å². The largest absolute Gasteiger partial charge is 0.354 e. The van der Waals surface area contributed by atoms with Crippen LogP contribution in [0.1, 0.15) is 16.2 Å². The number of ketones is 1. The zero-order valence-electron chi connectivity index (χ0n) is 17.2. The van der Waals surface area contributed by atoms with Gasteiger partial charge in [-0.2, -0.15) is 5.10 Å².